The normalized spacial score (nSPS) is 11.4. The summed E-state index contributed by atoms with van der Waals surface area (Å²) in [7, 11) is 1.55. The largest absolute Gasteiger partial charge is 0.497 e. The number of hydrogen-bond donors (Lipinski definition) is 1. The van der Waals surface area contributed by atoms with Crippen LogP contribution in [0.2, 0.25) is 5.02 Å². The topological polar surface area (TPSA) is 69.0 Å². The third kappa shape index (κ3) is 6.00. The number of nitrogens with zero attached hydrogens (tertiary/aromatic N) is 3. The number of para-hydroxylation sites is 1. The van der Waals surface area contributed by atoms with Gasteiger partial charge in [-0.05, 0) is 54.1 Å². The molecule has 1 N–H and O–H groups in total. The van der Waals surface area contributed by atoms with Crippen molar-refractivity contribution in [3.05, 3.63) is 100 Å². The first-order valence-electron chi connectivity index (χ1n) is 10.7. The number of hydrogen-bond acceptors (Lipinski definition) is 5. The van der Waals surface area contributed by atoms with Crippen molar-refractivity contribution in [2.75, 3.05) is 7.11 Å². The zero-order valence-corrected chi connectivity index (χ0v) is 20.5. The van der Waals surface area contributed by atoms with Gasteiger partial charge in [0.15, 0.2) is 11.0 Å². The molecule has 1 heterocycles. The Bertz CT molecular complexity index is 1340. The van der Waals surface area contributed by atoms with Crippen LogP contribution in [0.4, 0.5) is 13.2 Å². The van der Waals surface area contributed by atoms with E-state index in [-0.39, 0.29) is 12.5 Å². The van der Waals surface area contributed by atoms with Crippen molar-refractivity contribution in [2.24, 2.45) is 0 Å². The standard InChI is InChI=1S/C25H20ClF3N4O2S/c1-35-19-12-8-17(9-13-19)23(34)30-14-22-31-32-24(33(22)21-5-3-2-4-20(21)26)36-15-16-6-10-18(11-7-16)25(27,28)29/h2-13H,14-15H2,1H3,(H,30,34). The van der Waals surface area contributed by atoms with Crippen LogP contribution in [0.25, 0.3) is 5.69 Å². The van der Waals surface area contributed by atoms with Crippen LogP contribution < -0.4 is 10.1 Å². The van der Waals surface area contributed by atoms with E-state index < -0.39 is 11.7 Å². The zero-order chi connectivity index (χ0) is 25.7. The molecule has 0 atom stereocenters. The molecule has 0 saturated heterocycles. The molecule has 0 saturated carbocycles. The summed E-state index contributed by atoms with van der Waals surface area (Å²) in [6, 6.07) is 18.8. The first kappa shape index (κ1) is 25.6. The summed E-state index contributed by atoms with van der Waals surface area (Å²) in [6.07, 6.45) is -4.39. The molecule has 4 rings (SSSR count). The van der Waals surface area contributed by atoms with Crippen LogP contribution in [-0.2, 0) is 18.5 Å². The molecule has 1 aromatic heterocycles. The van der Waals surface area contributed by atoms with Crippen LogP contribution in [0.15, 0.2) is 78.0 Å². The maximum Gasteiger partial charge on any atom is 0.416 e. The predicted octanol–water partition coefficient (Wildman–Crippen LogP) is 6.17. The lowest BCUT2D eigenvalue weighted by atomic mass is 10.1. The minimum Gasteiger partial charge on any atom is -0.497 e. The van der Waals surface area contributed by atoms with Crippen molar-refractivity contribution in [2.45, 2.75) is 23.6 Å². The van der Waals surface area contributed by atoms with Crippen LogP contribution in [0.3, 0.4) is 0 Å². The van der Waals surface area contributed by atoms with E-state index in [1.807, 2.05) is 6.07 Å². The molecule has 0 aliphatic carbocycles. The number of carbonyl (C=O) groups is 1. The average Bonchev–Trinajstić information content (AvgIpc) is 3.28. The number of nitrogens with one attached hydrogen (secondary N) is 1. The fourth-order valence-corrected chi connectivity index (χ4v) is 4.46. The molecule has 36 heavy (non-hydrogen) atoms. The Balaban J connectivity index is 1.54. The summed E-state index contributed by atoms with van der Waals surface area (Å²) in [6.45, 7) is 0.0733. The van der Waals surface area contributed by atoms with Crippen molar-refractivity contribution in [3.8, 4) is 11.4 Å². The second-order valence-electron chi connectivity index (χ2n) is 7.58. The summed E-state index contributed by atoms with van der Waals surface area (Å²) in [5.74, 6) is 1.14. The van der Waals surface area contributed by atoms with Gasteiger partial charge in [-0.2, -0.15) is 13.2 Å². The van der Waals surface area contributed by atoms with E-state index in [4.69, 9.17) is 16.3 Å². The predicted molar refractivity (Wildman–Crippen MR) is 132 cm³/mol. The van der Waals surface area contributed by atoms with Crippen molar-refractivity contribution in [3.63, 3.8) is 0 Å². The van der Waals surface area contributed by atoms with Crippen LogP contribution in [0.1, 0.15) is 27.3 Å². The average molecular weight is 533 g/mol. The Morgan fingerprint density at radius 3 is 2.36 bits per heavy atom. The Morgan fingerprint density at radius 2 is 1.72 bits per heavy atom. The van der Waals surface area contributed by atoms with Gasteiger partial charge in [-0.15, -0.1) is 10.2 Å². The van der Waals surface area contributed by atoms with Crippen LogP contribution >= 0.6 is 23.4 Å². The highest BCUT2D eigenvalue weighted by Gasteiger charge is 2.30. The molecular formula is C25H20ClF3N4O2S. The summed E-state index contributed by atoms with van der Waals surface area (Å²) in [4.78, 5) is 12.6. The van der Waals surface area contributed by atoms with Crippen molar-refractivity contribution < 1.29 is 22.7 Å². The molecule has 186 valence electrons. The molecule has 0 aliphatic heterocycles. The highest BCUT2D eigenvalue weighted by Crippen LogP contribution is 2.31. The zero-order valence-electron chi connectivity index (χ0n) is 18.9. The molecular weight excluding hydrogens is 513 g/mol. The number of halogens is 4. The van der Waals surface area contributed by atoms with Gasteiger partial charge in [-0.25, -0.2) is 0 Å². The lowest BCUT2D eigenvalue weighted by molar-refractivity contribution is -0.137. The number of rotatable bonds is 8. The third-order valence-electron chi connectivity index (χ3n) is 5.20. The van der Waals surface area contributed by atoms with Gasteiger partial charge < -0.3 is 10.1 Å². The molecule has 0 bridgehead atoms. The summed E-state index contributed by atoms with van der Waals surface area (Å²) < 4.78 is 45.4. The van der Waals surface area contributed by atoms with Gasteiger partial charge in [0, 0.05) is 11.3 Å². The van der Waals surface area contributed by atoms with E-state index in [1.54, 1.807) is 54.1 Å². The van der Waals surface area contributed by atoms with Gasteiger partial charge in [0.2, 0.25) is 0 Å². The highest BCUT2D eigenvalue weighted by molar-refractivity contribution is 7.98. The third-order valence-corrected chi connectivity index (χ3v) is 6.52. The summed E-state index contributed by atoms with van der Waals surface area (Å²) in [5.41, 5.74) is 1.06. The van der Waals surface area contributed by atoms with Crippen molar-refractivity contribution >= 4 is 29.3 Å². The van der Waals surface area contributed by atoms with Gasteiger partial charge in [0.05, 0.1) is 29.9 Å². The fraction of sp³-hybridized carbons (Fsp3) is 0.160. The van der Waals surface area contributed by atoms with Gasteiger partial charge in [0.25, 0.3) is 5.91 Å². The van der Waals surface area contributed by atoms with E-state index in [0.29, 0.717) is 44.3 Å². The van der Waals surface area contributed by atoms with Crippen molar-refractivity contribution in [1.82, 2.24) is 20.1 Å². The second kappa shape index (κ2) is 11.0. The Morgan fingerprint density at radius 1 is 1.03 bits per heavy atom. The molecule has 4 aromatic rings. The first-order valence-corrected chi connectivity index (χ1v) is 12.0. The number of benzene rings is 3. The van der Waals surface area contributed by atoms with Gasteiger partial charge in [-0.1, -0.05) is 47.6 Å². The molecule has 0 spiro atoms. The lowest BCUT2D eigenvalue weighted by Crippen LogP contribution is -2.24. The number of thioether (sulfide) groups is 1. The molecule has 0 unspecified atom stereocenters. The van der Waals surface area contributed by atoms with E-state index in [9.17, 15) is 18.0 Å². The Labute approximate surface area is 214 Å². The maximum atomic E-state index is 12.8. The lowest BCUT2D eigenvalue weighted by Gasteiger charge is -2.13. The van der Waals surface area contributed by atoms with E-state index in [1.165, 1.54) is 23.9 Å². The van der Waals surface area contributed by atoms with Gasteiger partial charge in [-0.3, -0.25) is 9.36 Å². The van der Waals surface area contributed by atoms with Crippen LogP contribution in [-0.4, -0.2) is 27.8 Å². The van der Waals surface area contributed by atoms with Crippen molar-refractivity contribution in [1.29, 1.82) is 0 Å². The highest BCUT2D eigenvalue weighted by atomic mass is 35.5. The SMILES string of the molecule is COc1ccc(C(=O)NCc2nnc(SCc3ccc(C(F)(F)F)cc3)n2-c2ccccc2Cl)cc1. The number of ether oxygens (including phenoxy) is 1. The maximum absolute atomic E-state index is 12.8. The van der Waals surface area contributed by atoms with E-state index in [2.05, 4.69) is 15.5 Å². The number of carbonyl (C=O) groups excluding carboxylic acids is 1. The minimum atomic E-state index is -4.39. The molecule has 1 amide bonds. The number of methoxy groups -OCH3 is 1. The number of aromatic nitrogens is 3. The number of amides is 1. The molecule has 0 aliphatic rings. The minimum absolute atomic E-state index is 0.0733. The monoisotopic (exact) mass is 532 g/mol. The summed E-state index contributed by atoms with van der Waals surface area (Å²) in [5, 5.41) is 12.2. The molecule has 0 radical (unpaired) electrons. The summed E-state index contributed by atoms with van der Waals surface area (Å²) >= 11 is 7.73. The van der Waals surface area contributed by atoms with E-state index >= 15 is 0 Å². The second-order valence-corrected chi connectivity index (χ2v) is 8.93. The fourth-order valence-electron chi connectivity index (χ4n) is 3.32. The van der Waals surface area contributed by atoms with Gasteiger partial charge in [0.1, 0.15) is 5.75 Å². The first-order chi connectivity index (χ1) is 17.3. The molecule has 0 fully saturated rings. The number of alkyl halides is 3. The van der Waals surface area contributed by atoms with Crippen LogP contribution in [0.5, 0.6) is 5.75 Å². The van der Waals surface area contributed by atoms with E-state index in [0.717, 1.165) is 12.1 Å². The van der Waals surface area contributed by atoms with Crippen LogP contribution in [0, 0.1) is 0 Å². The molecule has 3 aromatic carbocycles. The molecule has 11 heteroatoms. The van der Waals surface area contributed by atoms with Gasteiger partial charge >= 0.3 is 6.18 Å². The smallest absolute Gasteiger partial charge is 0.416 e. The Kier molecular flexibility index (Phi) is 7.85. The molecule has 6 nitrogen and oxygen atoms in total. The Hall–Kier alpha value is -3.50. The quantitative estimate of drug-likeness (QED) is 0.275.